The second-order valence-corrected chi connectivity index (χ2v) is 9.41. The fourth-order valence-corrected chi connectivity index (χ4v) is 6.24. The van der Waals surface area contributed by atoms with Crippen LogP contribution in [-0.4, -0.2) is 24.6 Å². The number of allylic oxidation sites excluding steroid dienone is 2. The van der Waals surface area contributed by atoms with Gasteiger partial charge < -0.3 is 4.57 Å². The Labute approximate surface area is 109 Å². The van der Waals surface area contributed by atoms with E-state index in [1.54, 1.807) is 0 Å². The van der Waals surface area contributed by atoms with Gasteiger partial charge in [0.05, 0.1) is 5.54 Å². The molecule has 17 heavy (non-hydrogen) atoms. The van der Waals surface area contributed by atoms with Gasteiger partial charge in [0.15, 0.2) is 0 Å². The van der Waals surface area contributed by atoms with Gasteiger partial charge in [-0.2, -0.15) is 0 Å². The first-order valence-electron chi connectivity index (χ1n) is 6.61. The van der Waals surface area contributed by atoms with Crippen LogP contribution >= 0.6 is 0 Å². The molecular formula is C15H28NSi. The number of hydrogen-bond acceptors (Lipinski definition) is 1. The molecule has 1 unspecified atom stereocenters. The van der Waals surface area contributed by atoms with Crippen LogP contribution in [0.15, 0.2) is 16.7 Å². The van der Waals surface area contributed by atoms with E-state index >= 15 is 0 Å². The second kappa shape index (κ2) is 4.40. The van der Waals surface area contributed by atoms with Crippen LogP contribution < -0.4 is 0 Å². The molecule has 0 saturated heterocycles. The summed E-state index contributed by atoms with van der Waals surface area (Å²) in [6.07, 6.45) is 3.72. The fraction of sp³-hybridized carbons (Fsp3) is 0.733. The first-order valence-corrected chi connectivity index (χ1v) is 9.44. The zero-order chi connectivity index (χ0) is 13.6. The Morgan fingerprint density at radius 1 is 1.12 bits per heavy atom. The lowest BCUT2D eigenvalue weighted by Gasteiger charge is -2.50. The molecule has 0 aromatic carbocycles. The molecule has 0 heterocycles. The molecule has 1 atom stereocenters. The molecular weight excluding hydrogens is 222 g/mol. The van der Waals surface area contributed by atoms with Crippen LogP contribution in [0, 0.1) is 6.08 Å². The lowest BCUT2D eigenvalue weighted by molar-refractivity contribution is 0.164. The molecule has 1 radical (unpaired) electrons. The van der Waals surface area contributed by atoms with Crippen molar-refractivity contribution in [1.29, 1.82) is 0 Å². The highest BCUT2D eigenvalue weighted by atomic mass is 28.3. The van der Waals surface area contributed by atoms with E-state index in [2.05, 4.69) is 72.2 Å². The van der Waals surface area contributed by atoms with Crippen LogP contribution in [0.25, 0.3) is 0 Å². The molecule has 1 aliphatic carbocycles. The van der Waals surface area contributed by atoms with Crippen LogP contribution in [0.4, 0.5) is 0 Å². The largest absolute Gasteiger partial charge is 0.310 e. The summed E-state index contributed by atoms with van der Waals surface area (Å²) < 4.78 is 2.70. The van der Waals surface area contributed by atoms with E-state index in [0.29, 0.717) is 0 Å². The molecule has 0 N–H and O–H groups in total. The Hall–Kier alpha value is -0.343. The SMILES string of the molecule is CC1=[C]C(C)(N([SiH](C)C)C(C)(C)C)C(C)=C1C. The minimum absolute atomic E-state index is 0.00675. The zero-order valence-electron chi connectivity index (χ0n) is 13.0. The maximum Gasteiger partial charge on any atom is 0.107 e. The predicted octanol–water partition coefficient (Wildman–Crippen LogP) is 3.93. The molecule has 1 aliphatic rings. The van der Waals surface area contributed by atoms with Gasteiger partial charge in [-0.1, -0.05) is 13.1 Å². The molecule has 0 bridgehead atoms. The highest BCUT2D eigenvalue weighted by Crippen LogP contribution is 2.41. The Kier molecular flexibility index (Phi) is 3.81. The Morgan fingerprint density at radius 3 is 1.82 bits per heavy atom. The highest BCUT2D eigenvalue weighted by Gasteiger charge is 2.43. The third-order valence-electron chi connectivity index (χ3n) is 4.01. The van der Waals surface area contributed by atoms with Gasteiger partial charge in [0, 0.05) is 5.54 Å². The first kappa shape index (κ1) is 14.7. The Balaban J connectivity index is 3.32. The number of hydrogen-bond donors (Lipinski definition) is 0. The van der Waals surface area contributed by atoms with Crippen molar-refractivity contribution >= 4 is 8.96 Å². The van der Waals surface area contributed by atoms with Crippen molar-refractivity contribution in [1.82, 2.24) is 4.57 Å². The van der Waals surface area contributed by atoms with Crippen molar-refractivity contribution in [2.24, 2.45) is 0 Å². The topological polar surface area (TPSA) is 3.24 Å². The maximum atomic E-state index is 3.72. The maximum absolute atomic E-state index is 3.72. The van der Waals surface area contributed by atoms with Crippen molar-refractivity contribution in [2.75, 3.05) is 0 Å². The third-order valence-corrected chi connectivity index (χ3v) is 6.33. The van der Waals surface area contributed by atoms with Gasteiger partial charge >= 0.3 is 0 Å². The van der Waals surface area contributed by atoms with Crippen molar-refractivity contribution in [3.63, 3.8) is 0 Å². The molecule has 1 nitrogen and oxygen atoms in total. The summed E-state index contributed by atoms with van der Waals surface area (Å²) in [6.45, 7) is 20.8. The fourth-order valence-electron chi connectivity index (χ4n) is 3.40. The van der Waals surface area contributed by atoms with Gasteiger partial charge in [0.1, 0.15) is 8.96 Å². The Bertz CT molecular complexity index is 371. The van der Waals surface area contributed by atoms with Crippen LogP contribution in [0.1, 0.15) is 48.5 Å². The first-order chi connectivity index (χ1) is 7.51. The smallest absolute Gasteiger partial charge is 0.107 e. The minimum Gasteiger partial charge on any atom is -0.310 e. The van der Waals surface area contributed by atoms with E-state index in [1.807, 2.05) is 0 Å². The molecule has 0 aromatic heterocycles. The lowest BCUT2D eigenvalue weighted by Crippen LogP contribution is -2.60. The lowest BCUT2D eigenvalue weighted by atomic mass is 9.91. The van der Waals surface area contributed by atoms with E-state index in [1.165, 1.54) is 16.7 Å². The van der Waals surface area contributed by atoms with Crippen LogP contribution in [0.3, 0.4) is 0 Å². The number of nitrogens with zero attached hydrogens (tertiary/aromatic N) is 1. The summed E-state index contributed by atoms with van der Waals surface area (Å²) in [5.74, 6) is 0. The third kappa shape index (κ3) is 2.43. The average Bonchev–Trinajstić information content (AvgIpc) is 2.27. The molecule has 0 amide bonds. The average molecular weight is 250 g/mol. The quantitative estimate of drug-likeness (QED) is 0.671. The van der Waals surface area contributed by atoms with Crippen LogP contribution in [0.5, 0.6) is 0 Å². The zero-order valence-corrected chi connectivity index (χ0v) is 14.2. The molecule has 0 saturated carbocycles. The van der Waals surface area contributed by atoms with Gasteiger partial charge in [-0.05, 0) is 71.3 Å². The van der Waals surface area contributed by atoms with E-state index in [9.17, 15) is 0 Å². The molecule has 97 valence electrons. The van der Waals surface area contributed by atoms with Crippen molar-refractivity contribution < 1.29 is 0 Å². The molecule has 0 spiro atoms. The standard InChI is InChI=1S/C15H28NSi/c1-11-10-15(7,13(3)12(11)2)16(17(8)9)14(4,5)6/h17H,1-9H3. The second-order valence-electron chi connectivity index (χ2n) is 6.71. The van der Waals surface area contributed by atoms with Crippen molar-refractivity contribution in [3.8, 4) is 0 Å². The molecule has 0 aromatic rings. The minimum atomic E-state index is -0.900. The highest BCUT2D eigenvalue weighted by molar-refractivity contribution is 6.53. The normalized spacial score (nSPS) is 26.2. The molecule has 1 rings (SSSR count). The van der Waals surface area contributed by atoms with E-state index in [0.717, 1.165) is 0 Å². The Morgan fingerprint density at radius 2 is 1.59 bits per heavy atom. The van der Waals surface area contributed by atoms with Gasteiger partial charge in [-0.25, -0.2) is 0 Å². The summed E-state index contributed by atoms with van der Waals surface area (Å²) >= 11 is 0. The van der Waals surface area contributed by atoms with Gasteiger partial charge in [-0.3, -0.25) is 0 Å². The van der Waals surface area contributed by atoms with Gasteiger partial charge in [0.2, 0.25) is 0 Å². The van der Waals surface area contributed by atoms with E-state index in [4.69, 9.17) is 0 Å². The van der Waals surface area contributed by atoms with Gasteiger partial charge in [-0.15, -0.1) is 0 Å². The number of rotatable bonds is 2. The molecule has 2 heteroatoms. The monoisotopic (exact) mass is 250 g/mol. The summed E-state index contributed by atoms with van der Waals surface area (Å²) in [6, 6.07) is 0. The summed E-state index contributed by atoms with van der Waals surface area (Å²) in [7, 11) is -0.900. The summed E-state index contributed by atoms with van der Waals surface area (Å²) in [5, 5.41) is 0. The van der Waals surface area contributed by atoms with Gasteiger partial charge in [0.25, 0.3) is 0 Å². The predicted molar refractivity (Wildman–Crippen MR) is 79.7 cm³/mol. The van der Waals surface area contributed by atoms with E-state index < -0.39 is 8.96 Å². The van der Waals surface area contributed by atoms with Crippen molar-refractivity contribution in [2.45, 2.75) is 72.6 Å². The van der Waals surface area contributed by atoms with Crippen LogP contribution in [-0.2, 0) is 0 Å². The summed E-state index contributed by atoms with van der Waals surface area (Å²) in [4.78, 5) is 0. The van der Waals surface area contributed by atoms with Crippen molar-refractivity contribution in [3.05, 3.63) is 22.8 Å². The van der Waals surface area contributed by atoms with E-state index in [-0.39, 0.29) is 11.1 Å². The molecule has 0 aliphatic heterocycles. The van der Waals surface area contributed by atoms with Crippen LogP contribution in [0.2, 0.25) is 13.1 Å². The molecule has 0 fully saturated rings. The summed E-state index contributed by atoms with van der Waals surface area (Å²) in [5.41, 5.74) is 4.44.